The zero-order valence-electron chi connectivity index (χ0n) is 18.1. The monoisotopic (exact) mass is 446 g/mol. The van der Waals surface area contributed by atoms with Gasteiger partial charge in [0.1, 0.15) is 0 Å². The standard InChI is InChI=1S/C23H25F3N4O2/c1-4-30-15(2)19(21(31)32-3)20(16-8-7-9-17(14-16)23(24,25)26)29-22(30)28-13-11-18-10-5-6-12-27-18/h5-10,12,14,20H,4,11,13H2,1-3H3,(H,28,29)/t20-/m0/s1. The van der Waals surface area contributed by atoms with E-state index in [0.29, 0.717) is 36.7 Å². The summed E-state index contributed by atoms with van der Waals surface area (Å²) in [5, 5.41) is 3.16. The zero-order chi connectivity index (χ0) is 23.3. The molecule has 0 saturated carbocycles. The fourth-order valence-corrected chi connectivity index (χ4v) is 3.65. The molecule has 32 heavy (non-hydrogen) atoms. The molecular formula is C23H25F3N4O2. The van der Waals surface area contributed by atoms with Crippen molar-refractivity contribution in [1.29, 1.82) is 0 Å². The third-order valence-corrected chi connectivity index (χ3v) is 5.24. The number of guanidine groups is 1. The number of esters is 1. The van der Waals surface area contributed by atoms with Gasteiger partial charge in [0.2, 0.25) is 0 Å². The Morgan fingerprint density at radius 1 is 1.25 bits per heavy atom. The first kappa shape index (κ1) is 23.3. The predicted molar refractivity (Wildman–Crippen MR) is 115 cm³/mol. The molecule has 2 heterocycles. The van der Waals surface area contributed by atoms with E-state index in [1.54, 1.807) is 19.2 Å². The Kier molecular flexibility index (Phi) is 7.17. The second-order valence-electron chi connectivity index (χ2n) is 7.21. The van der Waals surface area contributed by atoms with E-state index < -0.39 is 23.8 Å². The molecule has 1 aliphatic heterocycles. The summed E-state index contributed by atoms with van der Waals surface area (Å²) in [6.45, 7) is 4.58. The van der Waals surface area contributed by atoms with Gasteiger partial charge in [0.25, 0.3) is 0 Å². The number of pyridine rings is 1. The first-order valence-electron chi connectivity index (χ1n) is 10.2. The van der Waals surface area contributed by atoms with Gasteiger partial charge >= 0.3 is 12.1 Å². The molecule has 0 radical (unpaired) electrons. The predicted octanol–water partition coefficient (Wildman–Crippen LogP) is 4.11. The topological polar surface area (TPSA) is 66.8 Å². The Bertz CT molecular complexity index is 1020. The molecule has 0 bridgehead atoms. The lowest BCUT2D eigenvalue weighted by atomic mass is 9.93. The van der Waals surface area contributed by atoms with E-state index in [-0.39, 0.29) is 5.57 Å². The van der Waals surface area contributed by atoms with Crippen LogP contribution in [0.1, 0.15) is 36.7 Å². The average molecular weight is 446 g/mol. The lowest BCUT2D eigenvalue weighted by Crippen LogP contribution is -2.49. The number of benzene rings is 1. The van der Waals surface area contributed by atoms with E-state index in [1.807, 2.05) is 30.0 Å². The van der Waals surface area contributed by atoms with Crippen molar-refractivity contribution < 1.29 is 22.7 Å². The fourth-order valence-electron chi connectivity index (χ4n) is 3.65. The highest BCUT2D eigenvalue weighted by Crippen LogP contribution is 2.35. The van der Waals surface area contributed by atoms with Crippen LogP contribution in [-0.2, 0) is 22.1 Å². The maximum absolute atomic E-state index is 13.3. The number of hydrogen-bond acceptors (Lipinski definition) is 4. The van der Waals surface area contributed by atoms with Gasteiger partial charge in [0, 0.05) is 37.1 Å². The molecule has 1 aromatic heterocycles. The van der Waals surface area contributed by atoms with Gasteiger partial charge in [-0.25, -0.2) is 4.79 Å². The quantitative estimate of drug-likeness (QED) is 0.677. The molecule has 170 valence electrons. The largest absolute Gasteiger partial charge is 0.466 e. The minimum Gasteiger partial charge on any atom is -0.466 e. The molecule has 3 rings (SSSR count). The van der Waals surface area contributed by atoms with Gasteiger partial charge in [0.05, 0.1) is 24.3 Å². The number of hydrogen-bond donors (Lipinski definition) is 1. The van der Waals surface area contributed by atoms with E-state index >= 15 is 0 Å². The number of ether oxygens (including phenoxy) is 1. The molecule has 0 unspecified atom stereocenters. The Morgan fingerprint density at radius 2 is 2.03 bits per heavy atom. The number of rotatable bonds is 6. The summed E-state index contributed by atoms with van der Waals surface area (Å²) in [6.07, 6.45) is -2.19. The maximum Gasteiger partial charge on any atom is 0.416 e. The van der Waals surface area contributed by atoms with Gasteiger partial charge in [-0.1, -0.05) is 18.2 Å². The summed E-state index contributed by atoms with van der Waals surface area (Å²) in [6, 6.07) is 9.72. The van der Waals surface area contributed by atoms with E-state index in [4.69, 9.17) is 4.74 Å². The Morgan fingerprint density at radius 3 is 2.66 bits per heavy atom. The van der Waals surface area contributed by atoms with Crippen LogP contribution >= 0.6 is 0 Å². The average Bonchev–Trinajstić information content (AvgIpc) is 2.78. The molecule has 1 atom stereocenters. The third-order valence-electron chi connectivity index (χ3n) is 5.24. The summed E-state index contributed by atoms with van der Waals surface area (Å²) in [5.41, 5.74) is 1.22. The molecule has 1 N–H and O–H groups in total. The van der Waals surface area contributed by atoms with Gasteiger partial charge in [0.15, 0.2) is 5.96 Å². The van der Waals surface area contributed by atoms with Crippen molar-refractivity contribution in [2.75, 3.05) is 20.2 Å². The highest BCUT2D eigenvalue weighted by Gasteiger charge is 2.36. The molecular weight excluding hydrogens is 421 g/mol. The lowest BCUT2D eigenvalue weighted by molar-refractivity contribution is -0.137. The number of aromatic nitrogens is 1. The SMILES string of the molecule is CCN1C(=NCCc2ccccn2)N[C@@H](c2cccc(C(F)(F)F)c2)C(C(=O)OC)=C1C. The van der Waals surface area contributed by atoms with Crippen molar-refractivity contribution >= 4 is 11.9 Å². The summed E-state index contributed by atoms with van der Waals surface area (Å²) >= 11 is 0. The lowest BCUT2D eigenvalue weighted by Gasteiger charge is -2.37. The summed E-state index contributed by atoms with van der Waals surface area (Å²) in [7, 11) is 1.25. The smallest absolute Gasteiger partial charge is 0.416 e. The molecule has 1 aliphatic rings. The normalized spacial score (nSPS) is 18.0. The van der Waals surface area contributed by atoms with Crippen LogP contribution in [0, 0.1) is 0 Å². The molecule has 0 fully saturated rings. The molecule has 0 saturated heterocycles. The van der Waals surface area contributed by atoms with Gasteiger partial charge in [-0.2, -0.15) is 13.2 Å². The Balaban J connectivity index is 2.00. The minimum atomic E-state index is -4.50. The Labute approximate surface area is 184 Å². The highest BCUT2D eigenvalue weighted by molar-refractivity contribution is 5.96. The van der Waals surface area contributed by atoms with Crippen LogP contribution in [0.25, 0.3) is 0 Å². The number of nitrogens with zero attached hydrogens (tertiary/aromatic N) is 3. The number of carbonyl (C=O) groups excluding carboxylic acids is 1. The number of alkyl halides is 3. The first-order chi connectivity index (χ1) is 15.3. The molecule has 2 aromatic rings. The fraction of sp³-hybridized carbons (Fsp3) is 0.348. The van der Waals surface area contributed by atoms with Crippen molar-refractivity contribution in [2.45, 2.75) is 32.5 Å². The zero-order valence-corrected chi connectivity index (χ0v) is 18.1. The van der Waals surface area contributed by atoms with Crippen molar-refractivity contribution in [2.24, 2.45) is 4.99 Å². The number of halogens is 3. The maximum atomic E-state index is 13.3. The van der Waals surface area contributed by atoms with Gasteiger partial charge in [-0.05, 0) is 43.7 Å². The van der Waals surface area contributed by atoms with E-state index in [9.17, 15) is 18.0 Å². The van der Waals surface area contributed by atoms with Crippen LogP contribution in [-0.4, -0.2) is 42.0 Å². The third kappa shape index (κ3) is 5.09. The summed E-state index contributed by atoms with van der Waals surface area (Å²) in [5.74, 6) is -0.126. The van der Waals surface area contributed by atoms with Gasteiger partial charge in [-0.3, -0.25) is 9.98 Å². The van der Waals surface area contributed by atoms with Crippen molar-refractivity contribution in [3.8, 4) is 0 Å². The van der Waals surface area contributed by atoms with E-state index in [2.05, 4.69) is 15.3 Å². The molecule has 0 aliphatic carbocycles. The van der Waals surface area contributed by atoms with E-state index in [1.165, 1.54) is 13.2 Å². The van der Waals surface area contributed by atoms with Crippen LogP contribution in [0.5, 0.6) is 0 Å². The molecule has 6 nitrogen and oxygen atoms in total. The van der Waals surface area contributed by atoms with E-state index in [0.717, 1.165) is 17.8 Å². The van der Waals surface area contributed by atoms with Gasteiger partial charge < -0.3 is 15.0 Å². The van der Waals surface area contributed by atoms with Gasteiger partial charge in [-0.15, -0.1) is 0 Å². The number of allylic oxidation sites excluding steroid dienone is 1. The summed E-state index contributed by atoms with van der Waals surface area (Å²) in [4.78, 5) is 23.3. The van der Waals surface area contributed by atoms with Crippen molar-refractivity contribution in [3.05, 3.63) is 76.8 Å². The van der Waals surface area contributed by atoms with Crippen LogP contribution in [0.3, 0.4) is 0 Å². The van der Waals surface area contributed by atoms with Crippen LogP contribution < -0.4 is 5.32 Å². The highest BCUT2D eigenvalue weighted by atomic mass is 19.4. The minimum absolute atomic E-state index is 0.248. The second-order valence-corrected chi connectivity index (χ2v) is 7.21. The van der Waals surface area contributed by atoms with Crippen LogP contribution in [0.2, 0.25) is 0 Å². The number of methoxy groups -OCH3 is 1. The number of aliphatic imine (C=N–C) groups is 1. The Hall–Kier alpha value is -3.36. The molecule has 1 aromatic carbocycles. The first-order valence-corrected chi connectivity index (χ1v) is 10.2. The van der Waals surface area contributed by atoms with Crippen molar-refractivity contribution in [1.82, 2.24) is 15.2 Å². The van der Waals surface area contributed by atoms with Crippen molar-refractivity contribution in [3.63, 3.8) is 0 Å². The van der Waals surface area contributed by atoms with Crippen LogP contribution in [0.15, 0.2) is 64.9 Å². The molecule has 0 spiro atoms. The number of nitrogens with one attached hydrogen (secondary N) is 1. The molecule has 0 amide bonds. The number of carbonyl (C=O) groups is 1. The summed E-state index contributed by atoms with van der Waals surface area (Å²) < 4.78 is 44.8. The van der Waals surface area contributed by atoms with Crippen LogP contribution in [0.4, 0.5) is 13.2 Å². The molecule has 9 heteroatoms. The second kappa shape index (κ2) is 9.84.